The second-order valence-electron chi connectivity index (χ2n) is 8.40. The van der Waals surface area contributed by atoms with Crippen LogP contribution in [0.4, 0.5) is 10.1 Å². The molecule has 0 radical (unpaired) electrons. The minimum atomic E-state index is -0.996. The molecule has 0 saturated heterocycles. The van der Waals surface area contributed by atoms with Gasteiger partial charge in [-0.25, -0.2) is 9.37 Å². The number of carbonyl (C=O) groups is 2. The van der Waals surface area contributed by atoms with Gasteiger partial charge >= 0.3 is 0 Å². The number of aromatic nitrogens is 2. The lowest BCUT2D eigenvalue weighted by molar-refractivity contribution is -0.123. The number of hydrogen-bond acceptors (Lipinski definition) is 4. The monoisotopic (exact) mass is 446 g/mol. The molecule has 0 bridgehead atoms. The summed E-state index contributed by atoms with van der Waals surface area (Å²) in [5.74, 6) is -1.17. The first-order valence-corrected chi connectivity index (χ1v) is 11.2. The topological polar surface area (TPSA) is 75.2 Å². The van der Waals surface area contributed by atoms with Crippen molar-refractivity contribution < 1.29 is 14.0 Å². The van der Waals surface area contributed by atoms with Crippen LogP contribution in [-0.4, -0.2) is 27.8 Å². The highest BCUT2D eigenvalue weighted by atomic mass is 19.1. The fourth-order valence-corrected chi connectivity index (χ4v) is 4.21. The molecule has 4 rings (SSSR count). The standard InChI is InChI=1S/C26H27FN4O2/c1-18-7-13-22(14-8-18)31(26(33)23-17-28-15-16-29-23)24(19-9-11-20(27)12-10-19)25(32)30-21-5-3-2-4-6-21/h7-17,21,24H,2-6H2,1H3,(H,30,32). The number of aryl methyl sites for hydroxylation is 1. The van der Waals surface area contributed by atoms with Gasteiger partial charge in [-0.05, 0) is 49.6 Å². The van der Waals surface area contributed by atoms with Gasteiger partial charge in [0, 0.05) is 24.1 Å². The van der Waals surface area contributed by atoms with Crippen LogP contribution in [0.25, 0.3) is 0 Å². The molecule has 1 heterocycles. The molecular weight excluding hydrogens is 419 g/mol. The van der Waals surface area contributed by atoms with Crippen molar-refractivity contribution in [1.82, 2.24) is 15.3 Å². The summed E-state index contributed by atoms with van der Waals surface area (Å²) in [5, 5.41) is 3.14. The van der Waals surface area contributed by atoms with E-state index in [4.69, 9.17) is 0 Å². The molecular formula is C26H27FN4O2. The number of nitrogens with zero attached hydrogens (tertiary/aromatic N) is 3. The van der Waals surface area contributed by atoms with E-state index in [1.807, 2.05) is 19.1 Å². The average Bonchev–Trinajstić information content (AvgIpc) is 2.85. The molecule has 1 aliphatic carbocycles. The van der Waals surface area contributed by atoms with Gasteiger partial charge in [-0.2, -0.15) is 0 Å². The van der Waals surface area contributed by atoms with Crippen molar-refractivity contribution in [3.05, 3.63) is 89.8 Å². The third-order valence-electron chi connectivity index (χ3n) is 5.96. The van der Waals surface area contributed by atoms with E-state index < -0.39 is 17.8 Å². The quantitative estimate of drug-likeness (QED) is 0.592. The molecule has 0 spiro atoms. The normalized spacial score (nSPS) is 15.0. The fourth-order valence-electron chi connectivity index (χ4n) is 4.21. The number of halogens is 1. The predicted octanol–water partition coefficient (Wildman–Crippen LogP) is 4.76. The molecule has 6 nitrogen and oxygen atoms in total. The van der Waals surface area contributed by atoms with Crippen LogP contribution in [0.5, 0.6) is 0 Å². The molecule has 33 heavy (non-hydrogen) atoms. The maximum atomic E-state index is 13.7. The number of hydrogen-bond donors (Lipinski definition) is 1. The Hall–Kier alpha value is -3.61. The Labute approximate surface area is 192 Å². The predicted molar refractivity (Wildman–Crippen MR) is 124 cm³/mol. The summed E-state index contributed by atoms with van der Waals surface area (Å²) in [6, 6.07) is 12.1. The summed E-state index contributed by atoms with van der Waals surface area (Å²) in [7, 11) is 0. The van der Waals surface area contributed by atoms with Crippen molar-refractivity contribution in [3.63, 3.8) is 0 Å². The fraction of sp³-hybridized carbons (Fsp3) is 0.308. The maximum Gasteiger partial charge on any atom is 0.279 e. The lowest BCUT2D eigenvalue weighted by Gasteiger charge is -2.33. The first-order chi connectivity index (χ1) is 16.0. The van der Waals surface area contributed by atoms with Crippen LogP contribution >= 0.6 is 0 Å². The van der Waals surface area contributed by atoms with E-state index in [-0.39, 0.29) is 17.6 Å². The molecule has 1 atom stereocenters. The zero-order valence-electron chi connectivity index (χ0n) is 18.6. The third-order valence-corrected chi connectivity index (χ3v) is 5.96. The van der Waals surface area contributed by atoms with Crippen LogP contribution in [0.3, 0.4) is 0 Å². The minimum Gasteiger partial charge on any atom is -0.351 e. The highest BCUT2D eigenvalue weighted by Crippen LogP contribution is 2.30. The van der Waals surface area contributed by atoms with Crippen molar-refractivity contribution >= 4 is 17.5 Å². The lowest BCUT2D eigenvalue weighted by atomic mass is 9.94. The summed E-state index contributed by atoms with van der Waals surface area (Å²) in [5.41, 5.74) is 2.21. The highest BCUT2D eigenvalue weighted by Gasteiger charge is 2.35. The summed E-state index contributed by atoms with van der Waals surface area (Å²) in [6.07, 6.45) is 9.41. The number of amides is 2. The summed E-state index contributed by atoms with van der Waals surface area (Å²) < 4.78 is 13.7. The van der Waals surface area contributed by atoms with Gasteiger partial charge in [-0.15, -0.1) is 0 Å². The number of nitrogens with one attached hydrogen (secondary N) is 1. The van der Waals surface area contributed by atoms with E-state index in [9.17, 15) is 14.0 Å². The zero-order valence-corrected chi connectivity index (χ0v) is 18.6. The average molecular weight is 447 g/mol. The van der Waals surface area contributed by atoms with E-state index in [1.54, 1.807) is 24.3 Å². The van der Waals surface area contributed by atoms with Crippen LogP contribution in [0.15, 0.2) is 67.1 Å². The Morgan fingerprint density at radius 2 is 1.70 bits per heavy atom. The molecule has 2 amide bonds. The van der Waals surface area contributed by atoms with Crippen LogP contribution in [0.2, 0.25) is 0 Å². The van der Waals surface area contributed by atoms with Gasteiger partial charge in [0.25, 0.3) is 5.91 Å². The van der Waals surface area contributed by atoms with Gasteiger partial charge < -0.3 is 5.32 Å². The van der Waals surface area contributed by atoms with E-state index in [0.29, 0.717) is 11.3 Å². The summed E-state index contributed by atoms with van der Waals surface area (Å²) in [4.78, 5) is 37.0. The van der Waals surface area contributed by atoms with Gasteiger partial charge in [0.1, 0.15) is 17.6 Å². The summed E-state index contributed by atoms with van der Waals surface area (Å²) >= 11 is 0. The molecule has 1 N–H and O–H groups in total. The molecule has 1 fully saturated rings. The molecule has 1 aliphatic rings. The van der Waals surface area contributed by atoms with E-state index in [0.717, 1.165) is 37.7 Å². The molecule has 0 aliphatic heterocycles. The number of anilines is 1. The van der Waals surface area contributed by atoms with E-state index >= 15 is 0 Å². The molecule has 1 aromatic heterocycles. The number of rotatable bonds is 6. The minimum absolute atomic E-state index is 0.0562. The van der Waals surface area contributed by atoms with Gasteiger partial charge in [0.15, 0.2) is 0 Å². The summed E-state index contributed by atoms with van der Waals surface area (Å²) in [6.45, 7) is 1.95. The van der Waals surface area contributed by atoms with Crippen LogP contribution in [-0.2, 0) is 4.79 Å². The molecule has 1 saturated carbocycles. The van der Waals surface area contributed by atoms with Crippen LogP contribution in [0, 0.1) is 12.7 Å². The first-order valence-electron chi connectivity index (χ1n) is 11.2. The zero-order chi connectivity index (χ0) is 23.2. The Balaban J connectivity index is 1.79. The first kappa shape index (κ1) is 22.6. The highest BCUT2D eigenvalue weighted by molar-refractivity contribution is 6.09. The molecule has 3 aromatic rings. The smallest absolute Gasteiger partial charge is 0.279 e. The van der Waals surface area contributed by atoms with E-state index in [2.05, 4.69) is 15.3 Å². The van der Waals surface area contributed by atoms with Gasteiger partial charge in [0.05, 0.1) is 6.20 Å². The van der Waals surface area contributed by atoms with Crippen molar-refractivity contribution in [1.29, 1.82) is 0 Å². The SMILES string of the molecule is Cc1ccc(N(C(=O)c2cnccn2)C(C(=O)NC2CCCCC2)c2ccc(F)cc2)cc1. The largest absolute Gasteiger partial charge is 0.351 e. The third kappa shape index (κ3) is 5.42. The van der Waals surface area contributed by atoms with Crippen molar-refractivity contribution in [2.45, 2.75) is 51.1 Å². The maximum absolute atomic E-state index is 13.7. The lowest BCUT2D eigenvalue weighted by Crippen LogP contribution is -2.47. The Bertz CT molecular complexity index is 1080. The van der Waals surface area contributed by atoms with Crippen LogP contribution < -0.4 is 10.2 Å². The van der Waals surface area contributed by atoms with Gasteiger partial charge in [-0.3, -0.25) is 19.5 Å². The number of benzene rings is 2. The molecule has 1 unspecified atom stereocenters. The van der Waals surface area contributed by atoms with Crippen LogP contribution in [0.1, 0.15) is 59.8 Å². The Kier molecular flexibility index (Phi) is 7.07. The second-order valence-corrected chi connectivity index (χ2v) is 8.40. The number of carbonyl (C=O) groups excluding carboxylic acids is 2. The van der Waals surface area contributed by atoms with E-state index in [1.165, 1.54) is 35.6 Å². The Morgan fingerprint density at radius 1 is 1.00 bits per heavy atom. The van der Waals surface area contributed by atoms with Crippen molar-refractivity contribution in [2.24, 2.45) is 0 Å². The second kappa shape index (κ2) is 10.3. The van der Waals surface area contributed by atoms with Gasteiger partial charge in [-0.1, -0.05) is 49.1 Å². The molecule has 2 aromatic carbocycles. The van der Waals surface area contributed by atoms with Gasteiger partial charge in [0.2, 0.25) is 5.91 Å². The Morgan fingerprint density at radius 3 is 2.33 bits per heavy atom. The molecule has 7 heteroatoms. The molecule has 170 valence electrons. The van der Waals surface area contributed by atoms with Crippen molar-refractivity contribution in [3.8, 4) is 0 Å². The van der Waals surface area contributed by atoms with Crippen molar-refractivity contribution in [2.75, 3.05) is 4.90 Å².